The van der Waals surface area contributed by atoms with E-state index in [1.165, 1.54) is 0 Å². The quantitative estimate of drug-likeness (QED) is 0.398. The fourth-order valence-electron chi connectivity index (χ4n) is 5.57. The summed E-state index contributed by atoms with van der Waals surface area (Å²) in [7, 11) is 3.83. The highest BCUT2D eigenvalue weighted by atomic mass is 16.5. The van der Waals surface area contributed by atoms with Crippen LogP contribution in [0.3, 0.4) is 0 Å². The summed E-state index contributed by atoms with van der Waals surface area (Å²) in [6.45, 7) is 12.5. The van der Waals surface area contributed by atoms with Crippen LogP contribution in [0.15, 0.2) is 30.6 Å². The molecular formula is C29H40N6O3. The predicted octanol–water partition coefficient (Wildman–Crippen LogP) is 3.42. The number of benzene rings is 1. The lowest BCUT2D eigenvalue weighted by Gasteiger charge is -2.47. The first-order valence-corrected chi connectivity index (χ1v) is 13.8. The molecule has 3 aromatic rings. The molecule has 38 heavy (non-hydrogen) atoms. The van der Waals surface area contributed by atoms with Gasteiger partial charge >= 0.3 is 5.97 Å². The second-order valence-corrected chi connectivity index (χ2v) is 10.7. The van der Waals surface area contributed by atoms with Crippen LogP contribution in [0, 0.1) is 6.92 Å². The summed E-state index contributed by atoms with van der Waals surface area (Å²) in [4.78, 5) is 29.6. The van der Waals surface area contributed by atoms with E-state index in [0.29, 0.717) is 11.8 Å². The summed E-state index contributed by atoms with van der Waals surface area (Å²) in [5, 5.41) is 0. The summed E-state index contributed by atoms with van der Waals surface area (Å²) < 4.78 is 13.4. The zero-order valence-corrected chi connectivity index (χ0v) is 23.3. The molecule has 0 bridgehead atoms. The Morgan fingerprint density at radius 2 is 1.95 bits per heavy atom. The van der Waals surface area contributed by atoms with Gasteiger partial charge in [0.1, 0.15) is 11.4 Å². The Labute approximate surface area is 225 Å². The molecule has 204 valence electrons. The molecule has 4 heterocycles. The first-order valence-electron chi connectivity index (χ1n) is 13.8. The second-order valence-electron chi connectivity index (χ2n) is 10.7. The van der Waals surface area contributed by atoms with E-state index >= 15 is 0 Å². The zero-order chi connectivity index (χ0) is 26.8. The van der Waals surface area contributed by atoms with Crippen molar-refractivity contribution in [2.75, 3.05) is 58.3 Å². The number of imidazole rings is 1. The number of fused-ring (bicyclic) bond motifs is 1. The maximum atomic E-state index is 12.5. The Morgan fingerprint density at radius 3 is 2.66 bits per heavy atom. The van der Waals surface area contributed by atoms with E-state index in [-0.39, 0.29) is 18.5 Å². The van der Waals surface area contributed by atoms with E-state index in [2.05, 4.69) is 38.1 Å². The highest BCUT2D eigenvalue weighted by Gasteiger charge is 2.35. The summed E-state index contributed by atoms with van der Waals surface area (Å²) in [6.07, 6.45) is 5.77. The molecular weight excluding hydrogens is 480 g/mol. The van der Waals surface area contributed by atoms with E-state index in [9.17, 15) is 4.79 Å². The Morgan fingerprint density at radius 1 is 1.18 bits per heavy atom. The van der Waals surface area contributed by atoms with Crippen LogP contribution < -0.4 is 9.64 Å². The lowest BCUT2D eigenvalue weighted by atomic mass is 10.0. The van der Waals surface area contributed by atoms with Crippen molar-refractivity contribution < 1.29 is 14.3 Å². The van der Waals surface area contributed by atoms with Crippen molar-refractivity contribution in [3.8, 4) is 17.0 Å². The molecule has 0 aliphatic carbocycles. The van der Waals surface area contributed by atoms with E-state index < -0.39 is 0 Å². The summed E-state index contributed by atoms with van der Waals surface area (Å²) in [5.41, 5.74) is 4.54. The summed E-state index contributed by atoms with van der Waals surface area (Å²) in [6, 6.07) is 6.51. The summed E-state index contributed by atoms with van der Waals surface area (Å²) in [5.74, 6) is 1.37. The SMILES string of the molecule is CCC[C@H](C)OC(=O)Cc1ccc(-c2nc(N3CC(N4CCN(C)CC4)C3)n3ccnc(C)c23)cc1OC. The molecule has 1 aromatic carbocycles. The number of nitrogens with zero attached hydrogens (tertiary/aromatic N) is 6. The van der Waals surface area contributed by atoms with Gasteiger partial charge in [0, 0.05) is 68.8 Å². The number of likely N-dealkylation sites (N-methyl/N-ethyl adjacent to an activating group) is 1. The average molecular weight is 521 g/mol. The molecule has 9 heteroatoms. The minimum atomic E-state index is -0.237. The molecule has 2 aliphatic heterocycles. The van der Waals surface area contributed by atoms with E-state index in [0.717, 1.165) is 86.1 Å². The number of methoxy groups -OCH3 is 1. The molecule has 0 amide bonds. The lowest BCUT2D eigenvalue weighted by Crippen LogP contribution is -2.63. The number of hydrogen-bond acceptors (Lipinski definition) is 8. The predicted molar refractivity (Wildman–Crippen MR) is 149 cm³/mol. The van der Waals surface area contributed by atoms with Crippen LogP contribution in [0.1, 0.15) is 37.9 Å². The third-order valence-corrected chi connectivity index (χ3v) is 7.84. The van der Waals surface area contributed by atoms with Gasteiger partial charge in [-0.1, -0.05) is 25.5 Å². The molecule has 2 aliphatic rings. The van der Waals surface area contributed by atoms with Gasteiger partial charge in [-0.25, -0.2) is 4.98 Å². The van der Waals surface area contributed by atoms with Crippen molar-refractivity contribution in [3.63, 3.8) is 0 Å². The number of aromatic nitrogens is 3. The van der Waals surface area contributed by atoms with Crippen LogP contribution >= 0.6 is 0 Å². The standard InChI is InChI=1S/C29H40N6O3/c1-6-7-20(2)38-26(36)17-22-8-9-23(16-25(22)37-5)27-28-21(3)30-10-11-35(28)29(31-27)34-18-24(19-34)33-14-12-32(4)13-15-33/h8-11,16,20,24H,6-7,12-15,17-19H2,1-5H3/t20-/m0/s1. The van der Waals surface area contributed by atoms with E-state index in [1.807, 2.05) is 44.4 Å². The van der Waals surface area contributed by atoms with Crippen LogP contribution in [-0.4, -0.2) is 95.7 Å². The number of aryl methyl sites for hydroxylation is 1. The Balaban J connectivity index is 1.38. The van der Waals surface area contributed by atoms with Crippen molar-refractivity contribution in [2.24, 2.45) is 0 Å². The topological polar surface area (TPSA) is 75.4 Å². The van der Waals surface area contributed by atoms with E-state index in [1.54, 1.807) is 7.11 Å². The fourth-order valence-corrected chi connectivity index (χ4v) is 5.57. The van der Waals surface area contributed by atoms with Crippen molar-refractivity contribution in [2.45, 2.75) is 52.2 Å². The largest absolute Gasteiger partial charge is 0.496 e. The minimum Gasteiger partial charge on any atom is -0.496 e. The molecule has 5 rings (SSSR count). The Bertz CT molecular complexity index is 1280. The Kier molecular flexibility index (Phi) is 7.85. The highest BCUT2D eigenvalue weighted by molar-refractivity contribution is 5.83. The Hall–Kier alpha value is -3.17. The van der Waals surface area contributed by atoms with Crippen molar-refractivity contribution in [3.05, 3.63) is 41.9 Å². The fraction of sp³-hybridized carbons (Fsp3) is 0.552. The number of piperazine rings is 1. The molecule has 1 atom stereocenters. The van der Waals surface area contributed by atoms with Crippen LogP contribution in [0.2, 0.25) is 0 Å². The van der Waals surface area contributed by atoms with Crippen LogP contribution in [0.25, 0.3) is 16.8 Å². The number of hydrogen-bond donors (Lipinski definition) is 0. The monoisotopic (exact) mass is 520 g/mol. The molecule has 0 spiro atoms. The van der Waals surface area contributed by atoms with Crippen molar-refractivity contribution in [1.82, 2.24) is 24.2 Å². The van der Waals surface area contributed by atoms with Gasteiger partial charge in [0.2, 0.25) is 5.95 Å². The van der Waals surface area contributed by atoms with Crippen LogP contribution in [-0.2, 0) is 16.0 Å². The van der Waals surface area contributed by atoms with Gasteiger partial charge in [0.15, 0.2) is 0 Å². The van der Waals surface area contributed by atoms with Gasteiger partial charge in [-0.2, -0.15) is 0 Å². The van der Waals surface area contributed by atoms with Crippen LogP contribution in [0.5, 0.6) is 5.75 Å². The maximum Gasteiger partial charge on any atom is 0.310 e. The number of esters is 1. The first-order chi connectivity index (χ1) is 18.4. The van der Waals surface area contributed by atoms with Gasteiger partial charge in [0.05, 0.1) is 30.8 Å². The van der Waals surface area contributed by atoms with Gasteiger partial charge in [-0.05, 0) is 33.4 Å². The van der Waals surface area contributed by atoms with Crippen molar-refractivity contribution in [1.29, 1.82) is 0 Å². The van der Waals surface area contributed by atoms with Gasteiger partial charge in [0.25, 0.3) is 0 Å². The highest BCUT2D eigenvalue weighted by Crippen LogP contribution is 2.35. The molecule has 0 N–H and O–H groups in total. The number of carbonyl (C=O) groups is 1. The molecule has 2 fully saturated rings. The molecule has 0 unspecified atom stereocenters. The smallest absolute Gasteiger partial charge is 0.310 e. The third kappa shape index (κ3) is 5.35. The average Bonchev–Trinajstić information content (AvgIpc) is 3.25. The molecule has 2 aromatic heterocycles. The van der Waals surface area contributed by atoms with Crippen molar-refractivity contribution >= 4 is 17.4 Å². The lowest BCUT2D eigenvalue weighted by molar-refractivity contribution is -0.147. The maximum absolute atomic E-state index is 12.5. The first kappa shape index (κ1) is 26.4. The zero-order valence-electron chi connectivity index (χ0n) is 23.3. The number of anilines is 1. The van der Waals surface area contributed by atoms with Gasteiger partial charge in [-0.15, -0.1) is 0 Å². The van der Waals surface area contributed by atoms with Crippen LogP contribution in [0.4, 0.5) is 5.95 Å². The molecule has 9 nitrogen and oxygen atoms in total. The van der Waals surface area contributed by atoms with Gasteiger partial charge < -0.3 is 19.3 Å². The summed E-state index contributed by atoms with van der Waals surface area (Å²) >= 11 is 0. The second kappa shape index (κ2) is 11.3. The number of ether oxygens (including phenoxy) is 2. The number of carbonyl (C=O) groups excluding carboxylic acids is 1. The number of rotatable bonds is 9. The van der Waals surface area contributed by atoms with Gasteiger partial charge in [-0.3, -0.25) is 19.1 Å². The minimum absolute atomic E-state index is 0.0825. The molecule has 0 saturated carbocycles. The normalized spacial score (nSPS) is 18.0. The molecule has 2 saturated heterocycles. The van der Waals surface area contributed by atoms with E-state index in [4.69, 9.17) is 14.5 Å². The third-order valence-electron chi connectivity index (χ3n) is 7.84. The molecule has 0 radical (unpaired) electrons.